The van der Waals surface area contributed by atoms with Crippen molar-refractivity contribution in [2.45, 2.75) is 52.1 Å². The molecule has 0 fully saturated rings. The van der Waals surface area contributed by atoms with Crippen LogP contribution in [0, 0.1) is 0 Å². The maximum absolute atomic E-state index is 12.7. The summed E-state index contributed by atoms with van der Waals surface area (Å²) < 4.78 is 5.88. The average Bonchev–Trinajstić information content (AvgIpc) is 3.08. The first kappa shape index (κ1) is 18.5. The Hall–Kier alpha value is -2.81. The Morgan fingerprint density at radius 3 is 2.32 bits per heavy atom. The summed E-state index contributed by atoms with van der Waals surface area (Å²) in [5.74, 6) is 0.564. The van der Waals surface area contributed by atoms with Crippen LogP contribution in [0.2, 0.25) is 0 Å². The van der Waals surface area contributed by atoms with Crippen molar-refractivity contribution >= 4 is 22.4 Å². The molecule has 0 heterocycles. The molecule has 0 radical (unpaired) electrons. The number of hydrogen-bond acceptors (Lipinski definition) is 2. The Morgan fingerprint density at radius 1 is 0.964 bits per heavy atom. The van der Waals surface area contributed by atoms with Gasteiger partial charge in [0.15, 0.2) is 6.10 Å². The third kappa shape index (κ3) is 3.49. The highest BCUT2D eigenvalue weighted by molar-refractivity contribution is 6.06. The molecular formula is C25H27NO2. The minimum Gasteiger partial charge on any atom is -0.481 e. The highest BCUT2D eigenvalue weighted by atomic mass is 16.5. The maximum Gasteiger partial charge on any atom is 0.265 e. The van der Waals surface area contributed by atoms with Crippen LogP contribution in [0.15, 0.2) is 54.6 Å². The Morgan fingerprint density at radius 2 is 1.64 bits per heavy atom. The first-order valence-corrected chi connectivity index (χ1v) is 9.94. The lowest BCUT2D eigenvalue weighted by molar-refractivity contribution is -0.122. The molecule has 3 heteroatoms. The molecule has 0 saturated carbocycles. The summed E-state index contributed by atoms with van der Waals surface area (Å²) in [5, 5.41) is 5.47. The van der Waals surface area contributed by atoms with Gasteiger partial charge in [-0.1, -0.05) is 57.2 Å². The molecule has 0 spiro atoms. The van der Waals surface area contributed by atoms with E-state index in [1.54, 1.807) is 6.92 Å². The second-order valence-electron chi connectivity index (χ2n) is 8.64. The van der Waals surface area contributed by atoms with Gasteiger partial charge in [-0.15, -0.1) is 0 Å². The lowest BCUT2D eigenvalue weighted by Crippen LogP contribution is -2.30. The average molecular weight is 373 g/mol. The number of nitrogens with one attached hydrogen (secondary N) is 1. The van der Waals surface area contributed by atoms with E-state index < -0.39 is 6.10 Å². The Balaban J connectivity index is 1.49. The molecule has 0 aliphatic heterocycles. The normalized spacial score (nSPS) is 14.1. The number of carbonyl (C=O) groups is 1. The van der Waals surface area contributed by atoms with Crippen LogP contribution in [0.1, 0.15) is 44.4 Å². The molecule has 4 rings (SSSR count). The Bertz CT molecular complexity index is 1020. The zero-order valence-corrected chi connectivity index (χ0v) is 17.0. The molecule has 0 unspecified atom stereocenters. The van der Waals surface area contributed by atoms with Crippen molar-refractivity contribution in [2.24, 2.45) is 0 Å². The van der Waals surface area contributed by atoms with Gasteiger partial charge in [0, 0.05) is 11.1 Å². The third-order valence-corrected chi connectivity index (χ3v) is 5.54. The number of amides is 1. The standard InChI is InChI=1S/C25H27NO2/c1-16(28-20-13-11-19(12-14-20)25(2,3)4)24(27)26-22-15-10-18-9-8-17-6-5-7-21(22)23(17)18/h5-7,10-16H,8-9H2,1-4H3,(H,26,27)/t16-/m0/s1. The van der Waals surface area contributed by atoms with Crippen LogP contribution in [0.25, 0.3) is 10.8 Å². The molecule has 0 aromatic heterocycles. The van der Waals surface area contributed by atoms with Crippen LogP contribution in [-0.4, -0.2) is 12.0 Å². The number of benzene rings is 3. The van der Waals surface area contributed by atoms with Gasteiger partial charge < -0.3 is 10.1 Å². The van der Waals surface area contributed by atoms with Gasteiger partial charge in [-0.05, 0) is 65.5 Å². The van der Waals surface area contributed by atoms with E-state index in [9.17, 15) is 4.79 Å². The summed E-state index contributed by atoms with van der Waals surface area (Å²) in [5.41, 5.74) is 4.92. The fourth-order valence-electron chi connectivity index (χ4n) is 3.88. The van der Waals surface area contributed by atoms with Crippen LogP contribution >= 0.6 is 0 Å². The van der Waals surface area contributed by atoms with Crippen molar-refractivity contribution in [3.63, 3.8) is 0 Å². The van der Waals surface area contributed by atoms with Crippen molar-refractivity contribution in [2.75, 3.05) is 5.32 Å². The van der Waals surface area contributed by atoms with Crippen molar-refractivity contribution in [3.05, 3.63) is 71.3 Å². The number of ether oxygens (including phenoxy) is 1. The SMILES string of the molecule is C[C@H](Oc1ccc(C(C)(C)C)cc1)C(=O)Nc1ccc2c3c(cccc13)CC2. The van der Waals surface area contributed by atoms with Gasteiger partial charge in [0.25, 0.3) is 5.91 Å². The highest BCUT2D eigenvalue weighted by Crippen LogP contribution is 2.35. The first-order chi connectivity index (χ1) is 13.3. The van der Waals surface area contributed by atoms with E-state index in [-0.39, 0.29) is 11.3 Å². The zero-order chi connectivity index (χ0) is 19.9. The summed E-state index contributed by atoms with van der Waals surface area (Å²) >= 11 is 0. The van der Waals surface area contributed by atoms with E-state index in [1.165, 1.54) is 22.1 Å². The number of carbonyl (C=O) groups excluding carboxylic acids is 1. The van der Waals surface area contributed by atoms with Crippen molar-refractivity contribution in [3.8, 4) is 5.75 Å². The zero-order valence-electron chi connectivity index (χ0n) is 17.0. The molecule has 1 aliphatic carbocycles. The maximum atomic E-state index is 12.7. The number of anilines is 1. The number of aryl methyl sites for hydroxylation is 2. The molecule has 1 aliphatic rings. The predicted molar refractivity (Wildman–Crippen MR) is 115 cm³/mol. The summed E-state index contributed by atoms with van der Waals surface area (Å²) in [7, 11) is 0. The molecule has 3 nitrogen and oxygen atoms in total. The van der Waals surface area contributed by atoms with Crippen LogP contribution < -0.4 is 10.1 Å². The first-order valence-electron chi connectivity index (χ1n) is 9.94. The monoisotopic (exact) mass is 373 g/mol. The van der Waals surface area contributed by atoms with Crippen molar-refractivity contribution in [1.29, 1.82) is 0 Å². The predicted octanol–water partition coefficient (Wildman–Crippen LogP) is 5.64. The summed E-state index contributed by atoms with van der Waals surface area (Å²) in [6.45, 7) is 8.32. The van der Waals surface area contributed by atoms with Gasteiger partial charge in [-0.3, -0.25) is 4.79 Å². The summed E-state index contributed by atoms with van der Waals surface area (Å²) in [6, 6.07) is 18.5. The smallest absolute Gasteiger partial charge is 0.265 e. The number of hydrogen-bond donors (Lipinski definition) is 1. The quantitative estimate of drug-likeness (QED) is 0.642. The summed E-state index contributed by atoms with van der Waals surface area (Å²) in [6.07, 6.45) is 1.57. The van der Waals surface area contributed by atoms with Gasteiger partial charge in [0.2, 0.25) is 0 Å². The van der Waals surface area contributed by atoms with Crippen LogP contribution in [-0.2, 0) is 23.1 Å². The second kappa shape index (κ2) is 6.97. The fraction of sp³-hybridized carbons (Fsp3) is 0.320. The van der Waals surface area contributed by atoms with Gasteiger partial charge in [-0.25, -0.2) is 0 Å². The molecule has 1 amide bonds. The number of rotatable bonds is 4. The lowest BCUT2D eigenvalue weighted by Gasteiger charge is -2.20. The second-order valence-corrected chi connectivity index (χ2v) is 8.64. The minimum atomic E-state index is -0.580. The van der Waals surface area contributed by atoms with Crippen molar-refractivity contribution in [1.82, 2.24) is 0 Å². The topological polar surface area (TPSA) is 38.3 Å². The molecule has 1 atom stereocenters. The molecule has 3 aromatic carbocycles. The van der Waals surface area contributed by atoms with E-state index in [1.807, 2.05) is 18.2 Å². The van der Waals surface area contributed by atoms with Crippen LogP contribution in [0.5, 0.6) is 5.75 Å². The molecule has 3 aromatic rings. The third-order valence-electron chi connectivity index (χ3n) is 5.54. The fourth-order valence-corrected chi connectivity index (χ4v) is 3.88. The van der Waals surface area contributed by atoms with Gasteiger partial charge >= 0.3 is 0 Å². The van der Waals surface area contributed by atoms with E-state index in [0.29, 0.717) is 5.75 Å². The molecule has 28 heavy (non-hydrogen) atoms. The Kier molecular flexibility index (Phi) is 4.62. The van der Waals surface area contributed by atoms with Crippen LogP contribution in [0.3, 0.4) is 0 Å². The molecule has 0 saturated heterocycles. The van der Waals surface area contributed by atoms with E-state index >= 15 is 0 Å². The summed E-state index contributed by atoms with van der Waals surface area (Å²) in [4.78, 5) is 12.7. The van der Waals surface area contributed by atoms with Crippen molar-refractivity contribution < 1.29 is 9.53 Å². The molecule has 1 N–H and O–H groups in total. The lowest BCUT2D eigenvalue weighted by atomic mass is 9.87. The van der Waals surface area contributed by atoms with E-state index in [4.69, 9.17) is 4.74 Å². The van der Waals surface area contributed by atoms with E-state index in [2.05, 4.69) is 62.5 Å². The Labute approximate surface area is 166 Å². The van der Waals surface area contributed by atoms with Gasteiger partial charge in [-0.2, -0.15) is 0 Å². The highest BCUT2D eigenvalue weighted by Gasteiger charge is 2.20. The van der Waals surface area contributed by atoms with Gasteiger partial charge in [0.05, 0.1) is 0 Å². The van der Waals surface area contributed by atoms with E-state index in [0.717, 1.165) is 23.9 Å². The minimum absolute atomic E-state index is 0.0945. The molecule has 144 valence electrons. The largest absolute Gasteiger partial charge is 0.481 e. The molecular weight excluding hydrogens is 346 g/mol. The van der Waals surface area contributed by atoms with Crippen LogP contribution in [0.4, 0.5) is 5.69 Å². The van der Waals surface area contributed by atoms with Gasteiger partial charge in [0.1, 0.15) is 5.75 Å². The molecule has 0 bridgehead atoms.